The summed E-state index contributed by atoms with van der Waals surface area (Å²) < 4.78 is 45.3. The number of aromatic nitrogens is 2. The van der Waals surface area contributed by atoms with Crippen molar-refractivity contribution in [3.8, 4) is 11.3 Å². The topological polar surface area (TPSA) is 91.1 Å². The summed E-state index contributed by atoms with van der Waals surface area (Å²) in [7, 11) is -3.34. The standard InChI is InChI=1S/C26H34FN5O4S/c27-19-7-9-30(16-19)11-10-29-8-3-4-20(17-29)32-25-21-5-1-2-6-23(21)37(34,35)18-22(25)24(28-32)26(33)31-12-14-36-15-13-31/h1-2,5-6,19-20H,3-4,7-18H2/p+1. The van der Waals surface area contributed by atoms with Crippen LogP contribution in [-0.2, 0) is 24.9 Å². The van der Waals surface area contributed by atoms with Crippen molar-refractivity contribution in [1.82, 2.24) is 24.5 Å². The van der Waals surface area contributed by atoms with Gasteiger partial charge in [-0.2, -0.15) is 9.65 Å². The number of halogens is 1. The van der Waals surface area contributed by atoms with Crippen molar-refractivity contribution in [2.24, 2.45) is 0 Å². The summed E-state index contributed by atoms with van der Waals surface area (Å²) in [6.07, 6.45) is 1.82. The maximum atomic E-state index is 13.6. The third-order valence-electron chi connectivity index (χ3n) is 8.11. The summed E-state index contributed by atoms with van der Waals surface area (Å²) in [6.45, 7) is 6.74. The zero-order chi connectivity index (χ0) is 25.6. The summed E-state index contributed by atoms with van der Waals surface area (Å²) in [5.74, 6) is -0.309. The molecule has 3 fully saturated rings. The van der Waals surface area contributed by atoms with Crippen LogP contribution in [0.1, 0.15) is 41.4 Å². The number of ether oxygens (including phenoxy) is 1. The first-order chi connectivity index (χ1) is 17.9. The number of alkyl halides is 1. The lowest BCUT2D eigenvalue weighted by atomic mass is 10.0. The van der Waals surface area contributed by atoms with E-state index in [0.29, 0.717) is 55.3 Å². The molecule has 1 amide bonds. The van der Waals surface area contributed by atoms with E-state index in [-0.39, 0.29) is 23.4 Å². The molecular formula is C26H35FN5O4S+. The molecule has 200 valence electrons. The van der Waals surface area contributed by atoms with Gasteiger partial charge in [0.2, 0.25) is 0 Å². The molecule has 3 atom stereocenters. The minimum absolute atomic E-state index is 0.0436. The number of hydrogen-bond acceptors (Lipinski definition) is 6. The second-order valence-electron chi connectivity index (χ2n) is 10.6. The van der Waals surface area contributed by atoms with E-state index in [1.165, 1.54) is 0 Å². The normalized spacial score (nSPS) is 28.8. The highest BCUT2D eigenvalue weighted by atomic mass is 32.3. The summed E-state index contributed by atoms with van der Waals surface area (Å²) >= 11 is 0. The molecule has 2 aromatic rings. The van der Waals surface area contributed by atoms with Gasteiger partial charge in [0.15, 0.2) is 16.3 Å². The van der Waals surface area contributed by atoms with Crippen molar-refractivity contribution in [3.63, 3.8) is 0 Å². The summed E-state index contributed by atoms with van der Waals surface area (Å²) in [4.78, 5) is 20.3. The van der Waals surface area contributed by atoms with Gasteiger partial charge in [0.1, 0.15) is 6.17 Å². The van der Waals surface area contributed by atoms with Gasteiger partial charge in [0.05, 0.1) is 36.1 Å². The van der Waals surface area contributed by atoms with Crippen molar-refractivity contribution in [1.29, 1.82) is 0 Å². The third-order valence-corrected chi connectivity index (χ3v) is 9.83. The summed E-state index contributed by atoms with van der Waals surface area (Å²) in [5, 5.41) is 4.90. The Labute approximate surface area is 217 Å². The number of piperidine rings is 1. The molecule has 5 heterocycles. The summed E-state index contributed by atoms with van der Waals surface area (Å²) in [5.41, 5.74) is 2.35. The molecule has 0 aliphatic carbocycles. The van der Waals surface area contributed by atoms with Gasteiger partial charge in [-0.1, -0.05) is 16.3 Å². The highest BCUT2D eigenvalue weighted by Gasteiger charge is 2.45. The van der Waals surface area contributed by atoms with Crippen molar-refractivity contribution >= 4 is 16.1 Å². The molecule has 3 unspecified atom stereocenters. The minimum atomic E-state index is -3.34. The Kier molecular flexibility index (Phi) is 6.91. The monoisotopic (exact) mass is 532 g/mol. The van der Waals surface area contributed by atoms with Crippen LogP contribution in [0, 0.1) is 0 Å². The fraction of sp³-hybridized carbons (Fsp3) is 0.615. The van der Waals surface area contributed by atoms with Gasteiger partial charge in [-0.05, 0) is 37.9 Å². The predicted octanol–water partition coefficient (Wildman–Crippen LogP) is 2.55. The molecule has 0 radical (unpaired) electrons. The molecule has 1 aromatic heterocycles. The first-order valence-electron chi connectivity index (χ1n) is 13.3. The van der Waals surface area contributed by atoms with E-state index >= 15 is 0 Å². The number of likely N-dealkylation sites (tertiary alicyclic amines) is 2. The van der Waals surface area contributed by atoms with E-state index in [2.05, 4.69) is 9.80 Å². The van der Waals surface area contributed by atoms with E-state index in [1.54, 1.807) is 17.0 Å². The average Bonchev–Trinajstić information content (AvgIpc) is 3.51. The average molecular weight is 533 g/mol. The van der Waals surface area contributed by atoms with E-state index < -0.39 is 16.4 Å². The second-order valence-corrected chi connectivity index (χ2v) is 12.6. The van der Waals surface area contributed by atoms with Gasteiger partial charge in [0, 0.05) is 45.8 Å². The largest absolute Gasteiger partial charge is 0.378 e. The maximum absolute atomic E-state index is 13.6. The van der Waals surface area contributed by atoms with Crippen LogP contribution in [0.4, 0.5) is 4.39 Å². The molecule has 9 nitrogen and oxygen atoms in total. The van der Waals surface area contributed by atoms with Gasteiger partial charge >= 0.3 is 0 Å². The zero-order valence-electron chi connectivity index (χ0n) is 21.1. The van der Waals surface area contributed by atoms with Crippen molar-refractivity contribution in [2.45, 2.75) is 42.1 Å². The molecule has 1 aromatic carbocycles. The molecular weight excluding hydrogens is 497 g/mol. The fourth-order valence-electron chi connectivity index (χ4n) is 6.16. The SMILES string of the molecule is O=C(c1nn(C2CCCN(CCN3CCC(F)C3)C2)c2c1C[S+](=O)(O)c1ccccc1-2)N1CCOCC1. The number of fused-ring (bicyclic) bond motifs is 3. The number of rotatable bonds is 5. The quantitative estimate of drug-likeness (QED) is 0.592. The van der Waals surface area contributed by atoms with E-state index in [9.17, 15) is 17.9 Å². The Balaban J connectivity index is 1.33. The Morgan fingerprint density at radius 3 is 2.59 bits per heavy atom. The second kappa shape index (κ2) is 10.2. The van der Waals surface area contributed by atoms with Gasteiger partial charge in [0.25, 0.3) is 16.1 Å². The Morgan fingerprint density at radius 1 is 1.08 bits per heavy atom. The van der Waals surface area contributed by atoms with Crippen LogP contribution < -0.4 is 0 Å². The van der Waals surface area contributed by atoms with Gasteiger partial charge in [-0.15, -0.1) is 0 Å². The van der Waals surface area contributed by atoms with Crippen LogP contribution >= 0.6 is 0 Å². The van der Waals surface area contributed by atoms with Crippen molar-refractivity contribution < 1.29 is 22.7 Å². The minimum Gasteiger partial charge on any atom is -0.378 e. The Bertz CT molecular complexity index is 1220. The lowest BCUT2D eigenvalue weighted by Gasteiger charge is -2.34. The highest BCUT2D eigenvalue weighted by Crippen LogP contribution is 2.43. The molecule has 1 N–H and O–H groups in total. The summed E-state index contributed by atoms with van der Waals surface area (Å²) in [6, 6.07) is 7.27. The predicted molar refractivity (Wildman–Crippen MR) is 138 cm³/mol. The number of carbonyl (C=O) groups excluding carboxylic acids is 1. The van der Waals surface area contributed by atoms with Gasteiger partial charge < -0.3 is 9.64 Å². The Hall–Kier alpha value is -2.18. The molecule has 4 aliphatic rings. The number of benzene rings is 1. The lowest BCUT2D eigenvalue weighted by Crippen LogP contribution is -2.42. The molecule has 6 rings (SSSR count). The van der Waals surface area contributed by atoms with Crippen molar-refractivity contribution in [3.05, 3.63) is 35.5 Å². The number of carbonyl (C=O) groups is 1. The van der Waals surface area contributed by atoms with E-state index in [4.69, 9.17) is 9.84 Å². The molecule has 3 saturated heterocycles. The van der Waals surface area contributed by atoms with Gasteiger partial charge in [-0.3, -0.25) is 19.3 Å². The van der Waals surface area contributed by atoms with Crippen LogP contribution in [-0.4, -0.2) is 107 Å². The third kappa shape index (κ3) is 4.87. The molecule has 0 saturated carbocycles. The molecule has 37 heavy (non-hydrogen) atoms. The molecule has 0 spiro atoms. The lowest BCUT2D eigenvalue weighted by molar-refractivity contribution is 0.0297. The number of amides is 1. The van der Waals surface area contributed by atoms with Gasteiger partial charge in [-0.25, -0.2) is 4.39 Å². The molecule has 0 bridgehead atoms. The molecule has 4 aliphatic heterocycles. The fourth-order valence-corrected chi connectivity index (χ4v) is 7.78. The first-order valence-corrected chi connectivity index (χ1v) is 15.0. The smallest absolute Gasteiger partial charge is 0.275 e. The Morgan fingerprint density at radius 2 is 1.84 bits per heavy atom. The maximum Gasteiger partial charge on any atom is 0.275 e. The number of hydrogen-bond donors (Lipinski definition) is 1. The number of nitrogens with zero attached hydrogens (tertiary/aromatic N) is 5. The first kappa shape index (κ1) is 25.1. The molecule has 11 heteroatoms. The van der Waals surface area contributed by atoms with Crippen LogP contribution in [0.15, 0.2) is 29.2 Å². The van der Waals surface area contributed by atoms with Crippen LogP contribution in [0.3, 0.4) is 0 Å². The van der Waals surface area contributed by atoms with Crippen molar-refractivity contribution in [2.75, 3.05) is 65.6 Å². The highest BCUT2D eigenvalue weighted by molar-refractivity contribution is 7.97. The van der Waals surface area contributed by atoms with Crippen LogP contribution in [0.5, 0.6) is 0 Å². The van der Waals surface area contributed by atoms with E-state index in [1.807, 2.05) is 16.8 Å². The van der Waals surface area contributed by atoms with E-state index in [0.717, 1.165) is 51.3 Å². The number of morpholine rings is 1. The van der Waals surface area contributed by atoms with Crippen LogP contribution in [0.2, 0.25) is 0 Å². The van der Waals surface area contributed by atoms with Crippen LogP contribution in [0.25, 0.3) is 11.3 Å². The zero-order valence-corrected chi connectivity index (χ0v) is 21.9.